The summed E-state index contributed by atoms with van der Waals surface area (Å²) in [6.45, 7) is 2.43. The molecule has 0 radical (unpaired) electrons. The first-order chi connectivity index (χ1) is 9.69. The van der Waals surface area contributed by atoms with Crippen molar-refractivity contribution >= 4 is 17.7 Å². The molecule has 1 aromatic carbocycles. The number of ether oxygens (including phenoxy) is 4. The average molecular weight is 300 g/mol. The second kappa shape index (κ2) is 8.58. The molecular formula is C14H20O5S. The average Bonchev–Trinajstić information content (AvgIpc) is 2.49. The SMILES string of the molecule is CCSCCOC(=O)c1ccc(OC)c(OC)c1OC. The van der Waals surface area contributed by atoms with Crippen molar-refractivity contribution in [2.75, 3.05) is 39.4 Å². The lowest BCUT2D eigenvalue weighted by atomic mass is 10.1. The number of methoxy groups -OCH3 is 3. The summed E-state index contributed by atoms with van der Waals surface area (Å²) in [5.41, 5.74) is 0.326. The monoisotopic (exact) mass is 300 g/mol. The van der Waals surface area contributed by atoms with E-state index in [1.165, 1.54) is 21.3 Å². The molecule has 0 heterocycles. The van der Waals surface area contributed by atoms with Crippen LogP contribution in [0, 0.1) is 0 Å². The van der Waals surface area contributed by atoms with Gasteiger partial charge < -0.3 is 18.9 Å². The summed E-state index contributed by atoms with van der Waals surface area (Å²) < 4.78 is 20.9. The Labute approximate surface area is 123 Å². The fourth-order valence-corrected chi connectivity index (χ4v) is 2.17. The van der Waals surface area contributed by atoms with Gasteiger partial charge in [-0.05, 0) is 17.9 Å². The molecule has 5 nitrogen and oxygen atoms in total. The quantitative estimate of drug-likeness (QED) is 0.543. The Morgan fingerprint density at radius 1 is 1.10 bits per heavy atom. The number of carbonyl (C=O) groups is 1. The van der Waals surface area contributed by atoms with Crippen molar-refractivity contribution in [2.45, 2.75) is 6.92 Å². The molecule has 0 unspecified atom stereocenters. The molecule has 20 heavy (non-hydrogen) atoms. The largest absolute Gasteiger partial charge is 0.493 e. The molecule has 0 amide bonds. The van der Waals surface area contributed by atoms with E-state index in [4.69, 9.17) is 18.9 Å². The summed E-state index contributed by atoms with van der Waals surface area (Å²) in [6, 6.07) is 3.26. The summed E-state index contributed by atoms with van der Waals surface area (Å²) in [4.78, 5) is 12.0. The highest BCUT2D eigenvalue weighted by molar-refractivity contribution is 7.99. The molecule has 0 spiro atoms. The predicted molar refractivity (Wildman–Crippen MR) is 79.4 cm³/mol. The van der Waals surface area contributed by atoms with Crippen LogP contribution in [0.1, 0.15) is 17.3 Å². The van der Waals surface area contributed by atoms with Crippen molar-refractivity contribution < 1.29 is 23.7 Å². The van der Waals surface area contributed by atoms with Gasteiger partial charge in [0.25, 0.3) is 0 Å². The number of benzene rings is 1. The van der Waals surface area contributed by atoms with Gasteiger partial charge in [-0.3, -0.25) is 0 Å². The molecule has 0 saturated carbocycles. The molecule has 0 aromatic heterocycles. The smallest absolute Gasteiger partial charge is 0.342 e. The number of rotatable bonds is 8. The van der Waals surface area contributed by atoms with Crippen LogP contribution >= 0.6 is 11.8 Å². The Morgan fingerprint density at radius 2 is 1.80 bits per heavy atom. The predicted octanol–water partition coefficient (Wildman–Crippen LogP) is 2.62. The fourth-order valence-electron chi connectivity index (χ4n) is 1.68. The Kier molecular flexibility index (Phi) is 7.08. The van der Waals surface area contributed by atoms with Crippen molar-refractivity contribution in [3.63, 3.8) is 0 Å². The molecule has 1 rings (SSSR count). The van der Waals surface area contributed by atoms with Gasteiger partial charge in [-0.25, -0.2) is 4.79 Å². The lowest BCUT2D eigenvalue weighted by Crippen LogP contribution is -2.10. The normalized spacial score (nSPS) is 10.0. The van der Waals surface area contributed by atoms with Crippen LogP contribution in [-0.2, 0) is 4.74 Å². The van der Waals surface area contributed by atoms with Gasteiger partial charge in [-0.15, -0.1) is 0 Å². The molecule has 0 aliphatic rings. The van der Waals surface area contributed by atoms with E-state index in [1.807, 2.05) is 0 Å². The van der Waals surface area contributed by atoms with Crippen molar-refractivity contribution in [1.29, 1.82) is 0 Å². The van der Waals surface area contributed by atoms with Crippen LogP contribution in [0.2, 0.25) is 0 Å². The minimum absolute atomic E-state index is 0.319. The van der Waals surface area contributed by atoms with Gasteiger partial charge in [-0.1, -0.05) is 6.92 Å². The molecular weight excluding hydrogens is 280 g/mol. The van der Waals surface area contributed by atoms with Gasteiger partial charge in [0.1, 0.15) is 12.2 Å². The lowest BCUT2D eigenvalue weighted by Gasteiger charge is -2.15. The van der Waals surface area contributed by atoms with Crippen LogP contribution in [-0.4, -0.2) is 45.4 Å². The first-order valence-electron chi connectivity index (χ1n) is 6.23. The molecule has 0 aliphatic carbocycles. The van der Waals surface area contributed by atoms with Crippen LogP contribution < -0.4 is 14.2 Å². The molecule has 0 bridgehead atoms. The van der Waals surface area contributed by atoms with Gasteiger partial charge in [0.2, 0.25) is 5.75 Å². The maximum Gasteiger partial charge on any atom is 0.342 e. The molecule has 1 aromatic rings. The zero-order valence-electron chi connectivity index (χ0n) is 12.2. The van der Waals surface area contributed by atoms with E-state index in [2.05, 4.69) is 6.92 Å². The van der Waals surface area contributed by atoms with Crippen molar-refractivity contribution in [2.24, 2.45) is 0 Å². The fraction of sp³-hybridized carbons (Fsp3) is 0.500. The third kappa shape index (κ3) is 3.96. The molecule has 112 valence electrons. The Bertz CT molecular complexity index is 447. The topological polar surface area (TPSA) is 54.0 Å². The van der Waals surface area contributed by atoms with E-state index >= 15 is 0 Å². The minimum atomic E-state index is -0.431. The van der Waals surface area contributed by atoms with Crippen LogP contribution in [0.4, 0.5) is 0 Å². The molecule has 6 heteroatoms. The third-order valence-electron chi connectivity index (χ3n) is 2.59. The molecule has 0 aliphatic heterocycles. The number of thioether (sulfide) groups is 1. The second-order valence-electron chi connectivity index (χ2n) is 3.71. The van der Waals surface area contributed by atoms with E-state index in [9.17, 15) is 4.79 Å². The highest BCUT2D eigenvalue weighted by Gasteiger charge is 2.21. The zero-order chi connectivity index (χ0) is 15.0. The minimum Gasteiger partial charge on any atom is -0.493 e. The summed E-state index contributed by atoms with van der Waals surface area (Å²) in [7, 11) is 4.49. The molecule has 0 N–H and O–H groups in total. The van der Waals surface area contributed by atoms with E-state index in [0.29, 0.717) is 29.4 Å². The first-order valence-corrected chi connectivity index (χ1v) is 7.38. The molecule has 0 fully saturated rings. The number of esters is 1. The van der Waals surface area contributed by atoms with E-state index < -0.39 is 5.97 Å². The second-order valence-corrected chi connectivity index (χ2v) is 5.11. The van der Waals surface area contributed by atoms with E-state index in [-0.39, 0.29) is 0 Å². The Hall–Kier alpha value is -1.56. The lowest BCUT2D eigenvalue weighted by molar-refractivity contribution is 0.0526. The van der Waals surface area contributed by atoms with Crippen LogP contribution in [0.3, 0.4) is 0 Å². The Balaban J connectivity index is 2.91. The van der Waals surface area contributed by atoms with Crippen LogP contribution in [0.5, 0.6) is 17.2 Å². The van der Waals surface area contributed by atoms with Crippen LogP contribution in [0.25, 0.3) is 0 Å². The summed E-state index contributed by atoms with van der Waals surface area (Å²) in [6.07, 6.45) is 0. The van der Waals surface area contributed by atoms with Gasteiger partial charge in [0.15, 0.2) is 11.5 Å². The van der Waals surface area contributed by atoms with E-state index in [0.717, 1.165) is 11.5 Å². The molecule has 0 atom stereocenters. The van der Waals surface area contributed by atoms with Crippen molar-refractivity contribution in [3.05, 3.63) is 17.7 Å². The summed E-state index contributed by atoms with van der Waals surface area (Å²) >= 11 is 1.72. The molecule has 0 saturated heterocycles. The summed E-state index contributed by atoms with van der Waals surface area (Å²) in [5, 5.41) is 0. The zero-order valence-corrected chi connectivity index (χ0v) is 13.0. The maximum absolute atomic E-state index is 12.0. The van der Waals surface area contributed by atoms with Gasteiger partial charge in [0.05, 0.1) is 21.3 Å². The van der Waals surface area contributed by atoms with Crippen molar-refractivity contribution in [3.8, 4) is 17.2 Å². The van der Waals surface area contributed by atoms with E-state index in [1.54, 1.807) is 23.9 Å². The standard InChI is InChI=1S/C14H20O5S/c1-5-20-9-8-19-14(15)10-6-7-11(16-2)13(18-4)12(10)17-3/h6-7H,5,8-9H2,1-4H3. The van der Waals surface area contributed by atoms with Gasteiger partial charge in [-0.2, -0.15) is 11.8 Å². The first kappa shape index (κ1) is 16.5. The van der Waals surface area contributed by atoms with Crippen molar-refractivity contribution in [1.82, 2.24) is 0 Å². The van der Waals surface area contributed by atoms with Gasteiger partial charge in [0, 0.05) is 5.75 Å². The number of carbonyl (C=O) groups excluding carboxylic acids is 1. The van der Waals surface area contributed by atoms with Crippen LogP contribution in [0.15, 0.2) is 12.1 Å². The Morgan fingerprint density at radius 3 is 2.35 bits per heavy atom. The maximum atomic E-state index is 12.0. The summed E-state index contributed by atoms with van der Waals surface area (Å²) in [5.74, 6) is 2.55. The number of hydrogen-bond acceptors (Lipinski definition) is 6. The number of hydrogen-bond donors (Lipinski definition) is 0. The highest BCUT2D eigenvalue weighted by Crippen LogP contribution is 2.39. The third-order valence-corrected chi connectivity index (χ3v) is 3.45. The highest BCUT2D eigenvalue weighted by atomic mass is 32.2. The van der Waals surface area contributed by atoms with Gasteiger partial charge >= 0.3 is 5.97 Å².